The number of Topliss-reactive ketones (excluding diaryl/α,β-unsaturated/α-hetero) is 1. The smallest absolute Gasteiger partial charge is 0.263 e. The standard InChI is InChI=1S/C10H8Br2F2O/c1-5(11)9(15)6-2-7(10(13)14)4-8(12)3-6/h2-5,10H,1H3. The second-order valence-corrected chi connectivity index (χ2v) is 5.34. The first-order valence-electron chi connectivity index (χ1n) is 4.18. The Morgan fingerprint density at radius 3 is 2.40 bits per heavy atom. The molecule has 0 radical (unpaired) electrons. The number of rotatable bonds is 3. The Bertz CT molecular complexity index is 378. The van der Waals surface area contributed by atoms with Crippen LogP contribution in [0.3, 0.4) is 0 Å². The molecule has 1 rings (SSSR count). The van der Waals surface area contributed by atoms with Crippen molar-refractivity contribution < 1.29 is 13.6 Å². The van der Waals surface area contributed by atoms with Crippen molar-refractivity contribution in [3.05, 3.63) is 33.8 Å². The lowest BCUT2D eigenvalue weighted by Crippen LogP contribution is -2.10. The lowest BCUT2D eigenvalue weighted by Gasteiger charge is -2.06. The van der Waals surface area contributed by atoms with E-state index in [9.17, 15) is 13.6 Å². The fourth-order valence-corrected chi connectivity index (χ4v) is 1.89. The SMILES string of the molecule is CC(Br)C(=O)c1cc(Br)cc(C(F)F)c1. The van der Waals surface area contributed by atoms with E-state index in [1.165, 1.54) is 18.2 Å². The molecule has 0 N–H and O–H groups in total. The largest absolute Gasteiger partial charge is 0.293 e. The number of alkyl halides is 3. The van der Waals surface area contributed by atoms with E-state index < -0.39 is 6.43 Å². The van der Waals surface area contributed by atoms with E-state index in [4.69, 9.17) is 0 Å². The highest BCUT2D eigenvalue weighted by Crippen LogP contribution is 2.25. The van der Waals surface area contributed by atoms with Crippen molar-refractivity contribution in [1.29, 1.82) is 0 Å². The highest BCUT2D eigenvalue weighted by Gasteiger charge is 2.16. The predicted molar refractivity (Wildman–Crippen MR) is 61.8 cm³/mol. The molecule has 5 heteroatoms. The van der Waals surface area contributed by atoms with Crippen LogP contribution in [0.2, 0.25) is 0 Å². The molecule has 0 heterocycles. The van der Waals surface area contributed by atoms with Crippen molar-refractivity contribution in [2.24, 2.45) is 0 Å². The van der Waals surface area contributed by atoms with E-state index in [1.54, 1.807) is 6.92 Å². The molecule has 0 aliphatic carbocycles. The van der Waals surface area contributed by atoms with Gasteiger partial charge in [0.15, 0.2) is 5.78 Å². The van der Waals surface area contributed by atoms with Gasteiger partial charge in [0.25, 0.3) is 6.43 Å². The summed E-state index contributed by atoms with van der Waals surface area (Å²) in [5, 5.41) is 0. The third kappa shape index (κ3) is 3.34. The Hall–Kier alpha value is -0.290. The number of carbonyl (C=O) groups is 1. The zero-order chi connectivity index (χ0) is 11.6. The Morgan fingerprint density at radius 1 is 1.33 bits per heavy atom. The molecule has 1 aromatic rings. The number of halogens is 4. The third-order valence-corrected chi connectivity index (χ3v) is 2.69. The van der Waals surface area contributed by atoms with Gasteiger partial charge >= 0.3 is 0 Å². The summed E-state index contributed by atoms with van der Waals surface area (Å²) in [4.78, 5) is 11.2. The van der Waals surface area contributed by atoms with Gasteiger partial charge in [0.1, 0.15) is 0 Å². The molecule has 0 bridgehead atoms. The zero-order valence-electron chi connectivity index (χ0n) is 7.81. The topological polar surface area (TPSA) is 17.1 Å². The first-order valence-corrected chi connectivity index (χ1v) is 5.89. The number of benzene rings is 1. The lowest BCUT2D eigenvalue weighted by atomic mass is 10.1. The molecule has 1 unspecified atom stereocenters. The van der Waals surface area contributed by atoms with Crippen LogP contribution in [0.4, 0.5) is 8.78 Å². The molecule has 1 nitrogen and oxygen atoms in total. The number of hydrogen-bond donors (Lipinski definition) is 0. The van der Waals surface area contributed by atoms with Crippen molar-refractivity contribution >= 4 is 37.6 Å². The van der Waals surface area contributed by atoms with Gasteiger partial charge in [-0.15, -0.1) is 0 Å². The molecular weight excluding hydrogens is 334 g/mol. The maximum absolute atomic E-state index is 12.4. The van der Waals surface area contributed by atoms with E-state index in [1.807, 2.05) is 0 Å². The highest BCUT2D eigenvalue weighted by molar-refractivity contribution is 9.10. The fraction of sp³-hybridized carbons (Fsp3) is 0.300. The minimum Gasteiger partial charge on any atom is -0.293 e. The molecule has 82 valence electrons. The van der Waals surface area contributed by atoms with Gasteiger partial charge in [-0.25, -0.2) is 8.78 Å². The fourth-order valence-electron chi connectivity index (χ4n) is 1.11. The van der Waals surface area contributed by atoms with Gasteiger partial charge in [0.2, 0.25) is 0 Å². The quantitative estimate of drug-likeness (QED) is 0.590. The molecule has 1 atom stereocenters. The molecule has 0 fully saturated rings. The van der Waals surface area contributed by atoms with E-state index in [0.717, 1.165) is 0 Å². The van der Waals surface area contributed by atoms with E-state index in [2.05, 4.69) is 31.9 Å². The predicted octanol–water partition coefficient (Wildman–Crippen LogP) is 4.35. The van der Waals surface area contributed by atoms with Crippen molar-refractivity contribution in [3.63, 3.8) is 0 Å². The van der Waals surface area contributed by atoms with Crippen LogP contribution in [0.5, 0.6) is 0 Å². The van der Waals surface area contributed by atoms with E-state index in [-0.39, 0.29) is 21.7 Å². The minimum absolute atomic E-state index is 0.152. The van der Waals surface area contributed by atoms with Crippen LogP contribution in [0.25, 0.3) is 0 Å². The van der Waals surface area contributed by atoms with Gasteiger partial charge < -0.3 is 0 Å². The third-order valence-electron chi connectivity index (χ3n) is 1.82. The first-order chi connectivity index (χ1) is 6.91. The maximum Gasteiger partial charge on any atom is 0.263 e. The minimum atomic E-state index is -2.57. The number of ketones is 1. The molecule has 0 aliphatic heterocycles. The molecule has 0 saturated heterocycles. The summed E-state index contributed by atoms with van der Waals surface area (Å²) in [6, 6.07) is 4.06. The number of hydrogen-bond acceptors (Lipinski definition) is 1. The molecular formula is C10H8Br2F2O. The van der Waals surface area contributed by atoms with Crippen LogP contribution in [0.1, 0.15) is 29.3 Å². The first kappa shape index (κ1) is 12.8. The van der Waals surface area contributed by atoms with Gasteiger partial charge in [-0.05, 0) is 25.1 Å². The molecule has 1 aromatic carbocycles. The molecule has 0 aromatic heterocycles. The maximum atomic E-state index is 12.4. The van der Waals surface area contributed by atoms with Gasteiger partial charge in [0, 0.05) is 15.6 Å². The second-order valence-electron chi connectivity index (χ2n) is 3.05. The van der Waals surface area contributed by atoms with Crippen LogP contribution >= 0.6 is 31.9 Å². The van der Waals surface area contributed by atoms with Crippen LogP contribution < -0.4 is 0 Å². The van der Waals surface area contributed by atoms with Gasteiger partial charge in [-0.1, -0.05) is 31.9 Å². The van der Waals surface area contributed by atoms with Crippen LogP contribution in [0, 0.1) is 0 Å². The Labute approximate surface area is 103 Å². The van der Waals surface area contributed by atoms with Gasteiger partial charge in [-0.3, -0.25) is 4.79 Å². The summed E-state index contributed by atoms with van der Waals surface area (Å²) in [6.07, 6.45) is -2.57. The number of carbonyl (C=O) groups excluding carboxylic acids is 1. The Kier molecular flexibility index (Phi) is 4.40. The molecule has 0 amide bonds. The second kappa shape index (κ2) is 5.16. The van der Waals surface area contributed by atoms with Crippen molar-refractivity contribution in [3.8, 4) is 0 Å². The normalized spacial score (nSPS) is 12.9. The highest BCUT2D eigenvalue weighted by atomic mass is 79.9. The average molecular weight is 342 g/mol. The van der Waals surface area contributed by atoms with Crippen molar-refractivity contribution in [2.45, 2.75) is 18.2 Å². The average Bonchev–Trinajstić information content (AvgIpc) is 2.15. The summed E-state index contributed by atoms with van der Waals surface area (Å²) >= 11 is 6.21. The zero-order valence-corrected chi connectivity index (χ0v) is 11.0. The van der Waals surface area contributed by atoms with Crippen molar-refractivity contribution in [2.75, 3.05) is 0 Å². The molecule has 15 heavy (non-hydrogen) atoms. The molecule has 0 spiro atoms. The molecule has 0 aliphatic rings. The molecule has 0 saturated carbocycles. The monoisotopic (exact) mass is 340 g/mol. The summed E-state index contributed by atoms with van der Waals surface area (Å²) in [7, 11) is 0. The Balaban J connectivity index is 3.14. The summed E-state index contributed by atoms with van der Waals surface area (Å²) in [5.41, 5.74) is 0.130. The van der Waals surface area contributed by atoms with Gasteiger partial charge in [-0.2, -0.15) is 0 Å². The lowest BCUT2D eigenvalue weighted by molar-refractivity contribution is 0.0995. The van der Waals surface area contributed by atoms with Crippen molar-refractivity contribution in [1.82, 2.24) is 0 Å². The summed E-state index contributed by atoms with van der Waals surface area (Å²) in [6.45, 7) is 1.66. The summed E-state index contributed by atoms with van der Waals surface area (Å²) in [5.74, 6) is -0.210. The van der Waals surface area contributed by atoms with Crippen LogP contribution in [-0.2, 0) is 0 Å². The van der Waals surface area contributed by atoms with Crippen LogP contribution in [0.15, 0.2) is 22.7 Å². The van der Waals surface area contributed by atoms with E-state index in [0.29, 0.717) is 4.47 Å². The Morgan fingerprint density at radius 2 is 1.93 bits per heavy atom. The van der Waals surface area contributed by atoms with Crippen LogP contribution in [-0.4, -0.2) is 10.6 Å². The summed E-state index contributed by atoms with van der Waals surface area (Å²) < 4.78 is 25.4. The van der Waals surface area contributed by atoms with Gasteiger partial charge in [0.05, 0.1) is 4.83 Å². The van der Waals surface area contributed by atoms with E-state index >= 15 is 0 Å².